The lowest BCUT2D eigenvalue weighted by atomic mass is 9.48. The molecule has 0 saturated heterocycles. The van der Waals surface area contributed by atoms with Crippen LogP contribution in [0.5, 0.6) is 0 Å². The molecule has 8 rings (SSSR count). The highest BCUT2D eigenvalue weighted by atomic mass is 15.0. The number of rotatable bonds is 1. The van der Waals surface area contributed by atoms with Crippen LogP contribution in [0.3, 0.4) is 0 Å². The Kier molecular flexibility index (Phi) is 3.44. The normalized spacial score (nSPS) is 12.8. The predicted molar refractivity (Wildman–Crippen MR) is 145 cm³/mol. The van der Waals surface area contributed by atoms with Crippen molar-refractivity contribution < 1.29 is 0 Å². The highest BCUT2D eigenvalue weighted by Crippen LogP contribution is 2.36. The van der Waals surface area contributed by atoms with Gasteiger partial charge in [-0.05, 0) is 41.6 Å². The van der Waals surface area contributed by atoms with Crippen LogP contribution in [0.1, 0.15) is 5.56 Å². The van der Waals surface area contributed by atoms with E-state index in [1.165, 1.54) is 65.8 Å². The minimum atomic E-state index is 0.0974. The summed E-state index contributed by atoms with van der Waals surface area (Å²) in [6.07, 6.45) is 0. The van der Waals surface area contributed by atoms with Gasteiger partial charge in [-0.25, -0.2) is 0 Å². The standard InChI is InChI=1S/C31H21BN2/c1-20-10-8-13-23-22-12-3-6-18-28(22)34(30(20)23)32-25-15-4-7-19-29(25)33-27-17-5-2-11-21(27)24-14-9-16-26(32)31(24)33/h2-19H,1H3. The fraction of sp³-hybridized carbons (Fsp3) is 0.0323. The maximum atomic E-state index is 2.59. The highest BCUT2D eigenvalue weighted by Gasteiger charge is 2.35. The van der Waals surface area contributed by atoms with Crippen LogP contribution in [-0.2, 0) is 0 Å². The summed E-state index contributed by atoms with van der Waals surface area (Å²) in [5.41, 5.74) is 10.5. The monoisotopic (exact) mass is 432 g/mol. The number of hydrogen-bond donors (Lipinski definition) is 0. The minimum Gasteiger partial charge on any atom is -0.376 e. The topological polar surface area (TPSA) is 9.86 Å². The van der Waals surface area contributed by atoms with Gasteiger partial charge in [-0.2, -0.15) is 0 Å². The molecule has 5 aromatic carbocycles. The molecule has 0 saturated carbocycles. The second kappa shape index (κ2) is 6.42. The Labute approximate surface area is 197 Å². The maximum absolute atomic E-state index is 2.59. The molecule has 0 N–H and O–H groups in total. The van der Waals surface area contributed by atoms with Crippen LogP contribution >= 0.6 is 0 Å². The zero-order valence-corrected chi connectivity index (χ0v) is 18.9. The van der Waals surface area contributed by atoms with E-state index in [1.54, 1.807) is 0 Å². The van der Waals surface area contributed by atoms with E-state index in [9.17, 15) is 0 Å². The van der Waals surface area contributed by atoms with E-state index in [2.05, 4.69) is 125 Å². The van der Waals surface area contributed by atoms with E-state index < -0.39 is 0 Å². The van der Waals surface area contributed by atoms with Crippen molar-refractivity contribution in [2.45, 2.75) is 6.92 Å². The Hall–Kier alpha value is -4.24. The predicted octanol–water partition coefficient (Wildman–Crippen LogP) is 6.17. The zero-order chi connectivity index (χ0) is 22.4. The van der Waals surface area contributed by atoms with Crippen molar-refractivity contribution in [2.24, 2.45) is 0 Å². The quantitative estimate of drug-likeness (QED) is 0.275. The second-order valence-corrected chi connectivity index (χ2v) is 9.42. The third kappa shape index (κ3) is 2.12. The fourth-order valence-electron chi connectivity index (χ4n) is 6.38. The van der Waals surface area contributed by atoms with Crippen LogP contribution in [0.4, 0.5) is 0 Å². The van der Waals surface area contributed by atoms with E-state index in [-0.39, 0.29) is 6.85 Å². The lowest BCUT2D eigenvalue weighted by molar-refractivity contribution is 1.18. The number of aryl methyl sites for hydroxylation is 1. The van der Waals surface area contributed by atoms with Gasteiger partial charge in [0.2, 0.25) is 0 Å². The van der Waals surface area contributed by atoms with Crippen LogP contribution in [0.15, 0.2) is 109 Å². The van der Waals surface area contributed by atoms with Gasteiger partial charge in [-0.3, -0.25) is 0 Å². The Morgan fingerprint density at radius 2 is 1.09 bits per heavy atom. The van der Waals surface area contributed by atoms with E-state index in [0.29, 0.717) is 0 Å². The molecule has 2 aromatic heterocycles. The molecule has 0 atom stereocenters. The van der Waals surface area contributed by atoms with Gasteiger partial charge in [0.05, 0.1) is 11.0 Å². The van der Waals surface area contributed by atoms with Crippen LogP contribution < -0.4 is 10.9 Å². The van der Waals surface area contributed by atoms with Gasteiger partial charge in [0.15, 0.2) is 0 Å². The van der Waals surface area contributed by atoms with Crippen molar-refractivity contribution in [2.75, 3.05) is 0 Å². The van der Waals surface area contributed by atoms with Crippen molar-refractivity contribution in [1.82, 2.24) is 9.05 Å². The molecule has 1 aliphatic rings. The van der Waals surface area contributed by atoms with Gasteiger partial charge in [0.1, 0.15) is 0 Å². The van der Waals surface area contributed by atoms with Crippen LogP contribution in [-0.4, -0.2) is 15.9 Å². The molecule has 0 fully saturated rings. The Morgan fingerprint density at radius 1 is 0.500 bits per heavy atom. The molecule has 0 unspecified atom stereocenters. The lowest BCUT2D eigenvalue weighted by Crippen LogP contribution is -2.53. The molecule has 2 nitrogen and oxygen atoms in total. The van der Waals surface area contributed by atoms with Gasteiger partial charge >= 0.3 is 6.85 Å². The molecule has 0 bridgehead atoms. The first kappa shape index (κ1) is 18.2. The third-order valence-corrected chi connectivity index (χ3v) is 7.68. The summed E-state index contributed by atoms with van der Waals surface area (Å²) in [5, 5.41) is 5.28. The third-order valence-electron chi connectivity index (χ3n) is 7.68. The molecule has 0 radical (unpaired) electrons. The molecule has 0 aliphatic carbocycles. The van der Waals surface area contributed by atoms with Crippen LogP contribution in [0, 0.1) is 6.92 Å². The number of aromatic nitrogens is 2. The van der Waals surface area contributed by atoms with Gasteiger partial charge in [-0.15, -0.1) is 0 Å². The van der Waals surface area contributed by atoms with Gasteiger partial charge < -0.3 is 9.05 Å². The molecule has 7 aromatic rings. The highest BCUT2D eigenvalue weighted by molar-refractivity contribution is 6.88. The molecule has 34 heavy (non-hydrogen) atoms. The molecular weight excluding hydrogens is 411 g/mol. The van der Waals surface area contributed by atoms with Crippen molar-refractivity contribution in [1.29, 1.82) is 0 Å². The number of fused-ring (bicyclic) bond motifs is 8. The van der Waals surface area contributed by atoms with E-state index >= 15 is 0 Å². The largest absolute Gasteiger partial charge is 0.376 e. The molecular formula is C31H21BN2. The summed E-state index contributed by atoms with van der Waals surface area (Å²) in [6.45, 7) is 2.34. The summed E-state index contributed by atoms with van der Waals surface area (Å²) in [5.74, 6) is 0. The molecule has 0 amide bonds. The summed E-state index contributed by atoms with van der Waals surface area (Å²) in [7, 11) is 0. The Balaban J connectivity index is 1.62. The average molecular weight is 432 g/mol. The van der Waals surface area contributed by atoms with Crippen molar-refractivity contribution in [3.8, 4) is 5.69 Å². The molecule has 158 valence electrons. The molecule has 3 heteroatoms. The first-order valence-electron chi connectivity index (χ1n) is 11.9. The van der Waals surface area contributed by atoms with Crippen molar-refractivity contribution >= 4 is 61.4 Å². The number of hydrogen-bond acceptors (Lipinski definition) is 0. The zero-order valence-electron chi connectivity index (χ0n) is 18.9. The second-order valence-electron chi connectivity index (χ2n) is 9.42. The van der Waals surface area contributed by atoms with E-state index in [1.807, 2.05) is 0 Å². The lowest BCUT2D eigenvalue weighted by Gasteiger charge is -2.28. The minimum absolute atomic E-state index is 0.0974. The first-order valence-corrected chi connectivity index (χ1v) is 11.9. The average Bonchev–Trinajstić information content (AvgIpc) is 3.40. The maximum Gasteiger partial charge on any atom is 0.332 e. The number of benzene rings is 5. The van der Waals surface area contributed by atoms with Gasteiger partial charge in [0.25, 0.3) is 0 Å². The SMILES string of the molecule is Cc1cccc2c3ccccc3n(B3c4ccccc4-n4c5ccccc5c5cccc3c54)c12. The fourth-order valence-corrected chi connectivity index (χ4v) is 6.38. The number of nitrogens with zero attached hydrogens (tertiary/aromatic N) is 2. The van der Waals surface area contributed by atoms with E-state index in [0.717, 1.165) is 0 Å². The van der Waals surface area contributed by atoms with Gasteiger partial charge in [0, 0.05) is 38.3 Å². The Morgan fingerprint density at radius 3 is 1.94 bits per heavy atom. The Bertz CT molecular complexity index is 1940. The van der Waals surface area contributed by atoms with Gasteiger partial charge in [-0.1, -0.05) is 91.0 Å². The van der Waals surface area contributed by atoms with Crippen molar-refractivity contribution in [3.63, 3.8) is 0 Å². The van der Waals surface area contributed by atoms with E-state index in [4.69, 9.17) is 0 Å². The summed E-state index contributed by atoms with van der Waals surface area (Å²) >= 11 is 0. The molecule has 0 spiro atoms. The molecule has 3 heterocycles. The molecule has 1 aliphatic heterocycles. The van der Waals surface area contributed by atoms with Crippen LogP contribution in [0.25, 0.3) is 49.3 Å². The summed E-state index contributed by atoms with van der Waals surface area (Å²) in [6, 6.07) is 40.2. The summed E-state index contributed by atoms with van der Waals surface area (Å²) < 4.78 is 5.07. The summed E-state index contributed by atoms with van der Waals surface area (Å²) in [4.78, 5) is 0. The smallest absolute Gasteiger partial charge is 0.332 e. The number of para-hydroxylation sites is 5. The first-order chi connectivity index (χ1) is 16.8. The van der Waals surface area contributed by atoms with Crippen LogP contribution in [0.2, 0.25) is 0 Å². The van der Waals surface area contributed by atoms with Crippen molar-refractivity contribution in [3.05, 3.63) is 115 Å².